The number of amides is 1. The van der Waals surface area contributed by atoms with E-state index in [1.165, 1.54) is 11.3 Å². The maximum atomic E-state index is 12.7. The molecule has 1 aromatic heterocycles. The fourth-order valence-electron chi connectivity index (χ4n) is 3.28. The van der Waals surface area contributed by atoms with Crippen LogP contribution in [0.2, 0.25) is 0 Å². The average molecular weight is 422 g/mol. The first-order valence-electron chi connectivity index (χ1n) is 9.62. The number of ether oxygens (including phenoxy) is 1. The molecule has 0 atom stereocenters. The van der Waals surface area contributed by atoms with E-state index in [4.69, 9.17) is 15.5 Å². The molecule has 0 aliphatic carbocycles. The van der Waals surface area contributed by atoms with Gasteiger partial charge in [-0.2, -0.15) is 0 Å². The Morgan fingerprint density at radius 1 is 1.27 bits per heavy atom. The topological polar surface area (TPSA) is 92.8 Å². The third kappa shape index (κ3) is 4.28. The molecule has 0 spiro atoms. The lowest BCUT2D eigenvalue weighted by Gasteiger charge is -2.27. The van der Waals surface area contributed by atoms with Crippen molar-refractivity contribution in [1.29, 1.82) is 0 Å². The number of hydrogen-bond acceptors (Lipinski definition) is 6. The number of aromatic nitrogens is 1. The first-order chi connectivity index (χ1) is 14.5. The predicted molar refractivity (Wildman–Crippen MR) is 121 cm³/mol. The molecule has 0 fully saturated rings. The van der Waals surface area contributed by atoms with Crippen LogP contribution >= 0.6 is 11.3 Å². The Labute approximate surface area is 179 Å². The van der Waals surface area contributed by atoms with Crippen molar-refractivity contribution >= 4 is 40.1 Å². The lowest BCUT2D eigenvalue weighted by molar-refractivity contribution is 0.102. The molecule has 1 aliphatic heterocycles. The molecule has 4 rings (SSSR count). The van der Waals surface area contributed by atoms with Gasteiger partial charge < -0.3 is 20.7 Å². The Bertz CT molecular complexity index is 1090. The number of amidine groups is 1. The van der Waals surface area contributed by atoms with E-state index in [9.17, 15) is 4.79 Å². The molecule has 1 amide bonds. The van der Waals surface area contributed by atoms with Crippen molar-refractivity contribution in [2.24, 2.45) is 4.99 Å². The van der Waals surface area contributed by atoms with Gasteiger partial charge in [-0.25, -0.2) is 9.98 Å². The highest BCUT2D eigenvalue weighted by atomic mass is 32.1. The molecule has 2 heterocycles. The number of methoxy groups -OCH3 is 1. The number of carbonyl (C=O) groups is 1. The van der Waals surface area contributed by atoms with Gasteiger partial charge in [0, 0.05) is 23.9 Å². The van der Waals surface area contributed by atoms with Gasteiger partial charge in [-0.05, 0) is 31.2 Å². The van der Waals surface area contributed by atoms with Gasteiger partial charge in [0.1, 0.15) is 11.6 Å². The van der Waals surface area contributed by atoms with Crippen LogP contribution < -0.4 is 15.8 Å². The second-order valence-electron chi connectivity index (χ2n) is 6.96. The zero-order valence-electron chi connectivity index (χ0n) is 16.9. The lowest BCUT2D eigenvalue weighted by atomic mass is 10.2. The van der Waals surface area contributed by atoms with Gasteiger partial charge in [0.05, 0.1) is 36.4 Å². The monoisotopic (exact) mass is 421 g/mol. The molecule has 0 saturated heterocycles. The summed E-state index contributed by atoms with van der Waals surface area (Å²) in [5.74, 6) is 1.31. The number of nitrogen functional groups attached to an aromatic ring is 1. The SMILES string of the molecule is COc1ccc(N)c(NC(=O)c2nc3c(s2)CN(C(C)=Nc2ccccc2)CC3)c1. The molecule has 3 N–H and O–H groups in total. The largest absolute Gasteiger partial charge is 0.497 e. The van der Waals surface area contributed by atoms with Crippen molar-refractivity contribution in [3.63, 3.8) is 0 Å². The Hall–Kier alpha value is -3.39. The molecule has 0 radical (unpaired) electrons. The van der Waals surface area contributed by atoms with Crippen molar-refractivity contribution in [2.75, 3.05) is 24.7 Å². The molecule has 2 aromatic carbocycles. The molecule has 154 valence electrons. The fraction of sp³-hybridized carbons (Fsp3) is 0.227. The van der Waals surface area contributed by atoms with Crippen molar-refractivity contribution in [2.45, 2.75) is 19.9 Å². The molecular weight excluding hydrogens is 398 g/mol. The van der Waals surface area contributed by atoms with E-state index >= 15 is 0 Å². The minimum atomic E-state index is -0.268. The summed E-state index contributed by atoms with van der Waals surface area (Å²) in [5.41, 5.74) is 8.88. The number of thiazole rings is 1. The average Bonchev–Trinajstić information content (AvgIpc) is 3.19. The normalized spacial score (nSPS) is 13.7. The molecule has 8 heteroatoms. The van der Waals surface area contributed by atoms with E-state index in [0.29, 0.717) is 28.7 Å². The number of nitrogens with two attached hydrogens (primary N) is 1. The van der Waals surface area contributed by atoms with E-state index in [2.05, 4.69) is 15.2 Å². The van der Waals surface area contributed by atoms with E-state index in [1.807, 2.05) is 37.3 Å². The number of fused-ring (bicyclic) bond motifs is 1. The van der Waals surface area contributed by atoms with Crippen molar-refractivity contribution in [3.8, 4) is 5.75 Å². The van der Waals surface area contributed by atoms with Crippen molar-refractivity contribution < 1.29 is 9.53 Å². The number of para-hydroxylation sites is 1. The number of nitrogens with one attached hydrogen (secondary N) is 1. The summed E-state index contributed by atoms with van der Waals surface area (Å²) in [5, 5.41) is 3.28. The van der Waals surface area contributed by atoms with E-state index in [1.54, 1.807) is 25.3 Å². The number of hydrogen-bond donors (Lipinski definition) is 2. The van der Waals surface area contributed by atoms with Crippen LogP contribution in [-0.4, -0.2) is 35.3 Å². The number of nitrogens with zero attached hydrogens (tertiary/aromatic N) is 3. The van der Waals surface area contributed by atoms with Crippen LogP contribution in [0.1, 0.15) is 27.3 Å². The highest BCUT2D eigenvalue weighted by molar-refractivity contribution is 7.13. The van der Waals surface area contributed by atoms with Gasteiger partial charge in [0.2, 0.25) is 0 Å². The van der Waals surface area contributed by atoms with Gasteiger partial charge in [0.25, 0.3) is 5.91 Å². The summed E-state index contributed by atoms with van der Waals surface area (Å²) in [4.78, 5) is 25.3. The zero-order chi connectivity index (χ0) is 21.1. The van der Waals surface area contributed by atoms with Crippen molar-refractivity contribution in [3.05, 3.63) is 64.1 Å². The van der Waals surface area contributed by atoms with Crippen molar-refractivity contribution in [1.82, 2.24) is 9.88 Å². The minimum absolute atomic E-state index is 0.268. The molecule has 1 aliphatic rings. The van der Waals surface area contributed by atoms with Crippen LogP contribution in [0.25, 0.3) is 0 Å². The highest BCUT2D eigenvalue weighted by Gasteiger charge is 2.24. The number of rotatable bonds is 4. The van der Waals surface area contributed by atoms with E-state index < -0.39 is 0 Å². The smallest absolute Gasteiger partial charge is 0.284 e. The molecule has 0 bridgehead atoms. The zero-order valence-corrected chi connectivity index (χ0v) is 17.7. The Morgan fingerprint density at radius 3 is 2.83 bits per heavy atom. The lowest BCUT2D eigenvalue weighted by Crippen LogP contribution is -2.33. The minimum Gasteiger partial charge on any atom is -0.497 e. The molecular formula is C22H23N5O2S. The molecule has 0 saturated carbocycles. The second kappa shape index (κ2) is 8.54. The summed E-state index contributed by atoms with van der Waals surface area (Å²) >= 11 is 1.41. The van der Waals surface area contributed by atoms with Gasteiger partial charge in [-0.1, -0.05) is 18.2 Å². The summed E-state index contributed by atoms with van der Waals surface area (Å²) in [6.07, 6.45) is 0.780. The molecule has 7 nitrogen and oxygen atoms in total. The number of carbonyl (C=O) groups excluding carboxylic acids is 1. The summed E-state index contributed by atoms with van der Waals surface area (Å²) in [6.45, 7) is 3.53. The van der Waals surface area contributed by atoms with Gasteiger partial charge >= 0.3 is 0 Å². The highest BCUT2D eigenvalue weighted by Crippen LogP contribution is 2.28. The third-order valence-corrected chi connectivity index (χ3v) is 6.02. The molecule has 30 heavy (non-hydrogen) atoms. The Balaban J connectivity index is 1.48. The van der Waals surface area contributed by atoms with Crippen LogP contribution in [0, 0.1) is 0 Å². The summed E-state index contributed by atoms with van der Waals surface area (Å²) in [6, 6.07) is 15.1. The van der Waals surface area contributed by atoms with Crippen LogP contribution in [0.4, 0.5) is 17.1 Å². The maximum absolute atomic E-state index is 12.7. The van der Waals surface area contributed by atoms with Crippen LogP contribution in [0.5, 0.6) is 5.75 Å². The standard InChI is InChI=1S/C22H23N5O2S/c1-14(24-15-6-4-3-5-7-15)27-11-10-18-20(13-27)30-22(26-18)21(28)25-19-12-16(29-2)8-9-17(19)23/h3-9,12H,10-11,13,23H2,1-2H3,(H,25,28). The summed E-state index contributed by atoms with van der Waals surface area (Å²) in [7, 11) is 1.57. The van der Waals surface area contributed by atoms with E-state index in [0.717, 1.165) is 35.1 Å². The van der Waals surface area contributed by atoms with E-state index in [-0.39, 0.29) is 5.91 Å². The first kappa shape index (κ1) is 19.9. The van der Waals surface area contributed by atoms with Gasteiger partial charge in [-0.3, -0.25) is 4.79 Å². The van der Waals surface area contributed by atoms with Crippen LogP contribution in [-0.2, 0) is 13.0 Å². The number of aliphatic imine (C=N–C) groups is 1. The number of anilines is 2. The quantitative estimate of drug-likeness (QED) is 0.376. The molecule has 3 aromatic rings. The molecule has 0 unspecified atom stereocenters. The predicted octanol–water partition coefficient (Wildman–Crippen LogP) is 4.09. The Morgan fingerprint density at radius 2 is 2.07 bits per heavy atom. The number of benzene rings is 2. The Kier molecular flexibility index (Phi) is 5.67. The van der Waals surface area contributed by atoms with Gasteiger partial charge in [-0.15, -0.1) is 11.3 Å². The second-order valence-corrected chi connectivity index (χ2v) is 8.05. The maximum Gasteiger partial charge on any atom is 0.284 e. The van der Waals surface area contributed by atoms with Crippen LogP contribution in [0.15, 0.2) is 53.5 Å². The van der Waals surface area contributed by atoms with Crippen LogP contribution in [0.3, 0.4) is 0 Å². The summed E-state index contributed by atoms with van der Waals surface area (Å²) < 4.78 is 5.20. The third-order valence-electron chi connectivity index (χ3n) is 4.94. The van der Waals surface area contributed by atoms with Gasteiger partial charge in [0.15, 0.2) is 5.01 Å². The fourth-order valence-corrected chi connectivity index (χ4v) is 4.29. The first-order valence-corrected chi connectivity index (χ1v) is 10.4.